The van der Waals surface area contributed by atoms with Crippen LogP contribution in [-0.2, 0) is 21.3 Å². The Morgan fingerprint density at radius 3 is 2.67 bits per heavy atom. The number of amides is 1. The van der Waals surface area contributed by atoms with Crippen molar-refractivity contribution in [2.24, 2.45) is 7.05 Å². The number of carbonyl (C=O) groups excluding carboxylic acids is 1. The first-order valence-corrected chi connectivity index (χ1v) is 8.33. The summed E-state index contributed by atoms with van der Waals surface area (Å²) in [6.07, 6.45) is 2.67. The number of rotatable bonds is 3. The van der Waals surface area contributed by atoms with Gasteiger partial charge in [-0.05, 0) is 46.1 Å². The Bertz CT molecular complexity index is 545. The van der Waals surface area contributed by atoms with E-state index < -0.39 is 11.7 Å². The van der Waals surface area contributed by atoms with E-state index >= 15 is 0 Å². The SMILES string of the molecule is CO[C@H]1CO[C@H](c2c(C)cnn2C)CC[C@H]1NC(=O)OC(C)(C)C. The quantitative estimate of drug-likeness (QED) is 0.916. The molecule has 1 fully saturated rings. The highest BCUT2D eigenvalue weighted by Gasteiger charge is 2.32. The molecule has 0 bridgehead atoms. The van der Waals surface area contributed by atoms with Gasteiger partial charge in [-0.3, -0.25) is 4.68 Å². The van der Waals surface area contributed by atoms with Gasteiger partial charge in [-0.1, -0.05) is 0 Å². The molecule has 0 aliphatic carbocycles. The minimum absolute atomic E-state index is 0.0550. The van der Waals surface area contributed by atoms with Crippen LogP contribution in [0.25, 0.3) is 0 Å². The van der Waals surface area contributed by atoms with Crippen molar-refractivity contribution in [3.63, 3.8) is 0 Å². The van der Waals surface area contributed by atoms with Gasteiger partial charge < -0.3 is 19.5 Å². The second kappa shape index (κ2) is 7.53. The van der Waals surface area contributed by atoms with Crippen molar-refractivity contribution in [2.45, 2.75) is 64.4 Å². The summed E-state index contributed by atoms with van der Waals surface area (Å²) < 4.78 is 18.8. The van der Waals surface area contributed by atoms with Crippen molar-refractivity contribution in [1.29, 1.82) is 0 Å². The largest absolute Gasteiger partial charge is 0.444 e. The fraction of sp³-hybridized carbons (Fsp3) is 0.765. The smallest absolute Gasteiger partial charge is 0.407 e. The van der Waals surface area contributed by atoms with E-state index in [-0.39, 0.29) is 18.2 Å². The van der Waals surface area contributed by atoms with Gasteiger partial charge in [0.2, 0.25) is 0 Å². The molecule has 7 heteroatoms. The zero-order valence-electron chi connectivity index (χ0n) is 15.5. The van der Waals surface area contributed by atoms with Crippen molar-refractivity contribution >= 4 is 6.09 Å². The highest BCUT2D eigenvalue weighted by Crippen LogP contribution is 2.30. The molecule has 0 spiro atoms. The van der Waals surface area contributed by atoms with Crippen LogP contribution in [0.3, 0.4) is 0 Å². The van der Waals surface area contributed by atoms with Gasteiger partial charge in [0.25, 0.3) is 0 Å². The molecule has 3 atom stereocenters. The molecule has 136 valence electrons. The first-order valence-electron chi connectivity index (χ1n) is 8.33. The van der Waals surface area contributed by atoms with Crippen LogP contribution in [0.1, 0.15) is 51.0 Å². The minimum atomic E-state index is -0.526. The van der Waals surface area contributed by atoms with E-state index in [1.807, 2.05) is 45.6 Å². The highest BCUT2D eigenvalue weighted by molar-refractivity contribution is 5.68. The van der Waals surface area contributed by atoms with Gasteiger partial charge in [0.15, 0.2) is 0 Å². The number of alkyl carbamates (subject to hydrolysis) is 1. The van der Waals surface area contributed by atoms with Crippen molar-refractivity contribution < 1.29 is 19.0 Å². The lowest BCUT2D eigenvalue weighted by molar-refractivity contribution is -0.0267. The predicted molar refractivity (Wildman–Crippen MR) is 89.8 cm³/mol. The third kappa shape index (κ3) is 4.70. The normalized spacial score (nSPS) is 25.2. The molecule has 24 heavy (non-hydrogen) atoms. The molecule has 2 heterocycles. The number of nitrogens with one attached hydrogen (secondary N) is 1. The number of nitrogens with zero attached hydrogens (tertiary/aromatic N) is 2. The van der Waals surface area contributed by atoms with E-state index in [2.05, 4.69) is 10.4 Å². The number of hydrogen-bond acceptors (Lipinski definition) is 5. The van der Waals surface area contributed by atoms with Crippen molar-refractivity contribution in [1.82, 2.24) is 15.1 Å². The number of ether oxygens (including phenoxy) is 3. The molecule has 1 aliphatic rings. The maximum Gasteiger partial charge on any atom is 0.407 e. The Morgan fingerprint density at radius 2 is 2.12 bits per heavy atom. The van der Waals surface area contributed by atoms with E-state index in [0.29, 0.717) is 6.61 Å². The number of hydrogen-bond donors (Lipinski definition) is 1. The van der Waals surface area contributed by atoms with E-state index in [1.54, 1.807) is 7.11 Å². The second-order valence-electron chi connectivity index (χ2n) is 7.26. The molecule has 0 unspecified atom stereocenters. The lowest BCUT2D eigenvalue weighted by Gasteiger charge is -2.26. The van der Waals surface area contributed by atoms with Crippen LogP contribution in [0.4, 0.5) is 4.79 Å². The van der Waals surface area contributed by atoms with E-state index in [9.17, 15) is 4.79 Å². The summed E-state index contributed by atoms with van der Waals surface area (Å²) in [7, 11) is 3.55. The Hall–Kier alpha value is -1.60. The van der Waals surface area contributed by atoms with Crippen molar-refractivity contribution in [3.05, 3.63) is 17.5 Å². The first-order chi connectivity index (χ1) is 11.2. The van der Waals surface area contributed by atoms with Gasteiger partial charge in [0.1, 0.15) is 11.7 Å². The number of aromatic nitrogens is 2. The summed E-state index contributed by atoms with van der Waals surface area (Å²) >= 11 is 0. The summed E-state index contributed by atoms with van der Waals surface area (Å²) in [5, 5.41) is 7.21. The summed E-state index contributed by atoms with van der Waals surface area (Å²) in [6, 6.07) is -0.150. The zero-order chi connectivity index (χ0) is 17.9. The standard InChI is InChI=1S/C17H29N3O4/c1-11-9-18-20(5)15(11)13-8-7-12(14(22-6)10-23-13)19-16(21)24-17(2,3)4/h9,12-14H,7-8,10H2,1-6H3,(H,19,21)/t12-,13+,14+/m1/s1. The molecule has 1 aromatic rings. The molecule has 1 N–H and O–H groups in total. The monoisotopic (exact) mass is 339 g/mol. The first kappa shape index (κ1) is 18.7. The Labute approximate surface area is 143 Å². The second-order valence-corrected chi connectivity index (χ2v) is 7.26. The number of carbonyl (C=O) groups is 1. The molecule has 0 aromatic carbocycles. The average molecular weight is 339 g/mol. The van der Waals surface area contributed by atoms with Crippen LogP contribution < -0.4 is 5.32 Å². The molecule has 1 aliphatic heterocycles. The predicted octanol–water partition coefficient (Wildman–Crippen LogP) is 2.49. The van der Waals surface area contributed by atoms with E-state index in [1.165, 1.54) is 0 Å². The Morgan fingerprint density at radius 1 is 1.42 bits per heavy atom. The van der Waals surface area contributed by atoms with E-state index in [4.69, 9.17) is 14.2 Å². The van der Waals surface area contributed by atoms with Crippen LogP contribution in [0, 0.1) is 6.92 Å². The molecule has 0 saturated carbocycles. The van der Waals surface area contributed by atoms with Crippen LogP contribution in [0.2, 0.25) is 0 Å². The van der Waals surface area contributed by atoms with Crippen LogP contribution in [0.5, 0.6) is 0 Å². The van der Waals surface area contributed by atoms with Crippen LogP contribution >= 0.6 is 0 Å². The van der Waals surface area contributed by atoms with Crippen molar-refractivity contribution in [3.8, 4) is 0 Å². The van der Waals surface area contributed by atoms with Gasteiger partial charge in [0, 0.05) is 14.2 Å². The van der Waals surface area contributed by atoms with Crippen LogP contribution in [0.15, 0.2) is 6.20 Å². The van der Waals surface area contributed by atoms with Gasteiger partial charge in [-0.25, -0.2) is 4.79 Å². The van der Waals surface area contributed by atoms with Crippen LogP contribution in [-0.4, -0.2) is 47.3 Å². The van der Waals surface area contributed by atoms with Gasteiger partial charge in [-0.15, -0.1) is 0 Å². The molecule has 7 nitrogen and oxygen atoms in total. The third-order valence-electron chi connectivity index (χ3n) is 4.14. The molecule has 2 rings (SSSR count). The maximum absolute atomic E-state index is 12.1. The highest BCUT2D eigenvalue weighted by atomic mass is 16.6. The van der Waals surface area contributed by atoms with Gasteiger partial charge in [0.05, 0.1) is 30.6 Å². The van der Waals surface area contributed by atoms with Crippen molar-refractivity contribution in [2.75, 3.05) is 13.7 Å². The average Bonchev–Trinajstić information content (AvgIpc) is 2.68. The lowest BCUT2D eigenvalue weighted by Crippen LogP contribution is -2.46. The Kier molecular flexibility index (Phi) is 5.87. The molecule has 1 aromatic heterocycles. The number of methoxy groups -OCH3 is 1. The summed E-state index contributed by atoms with van der Waals surface area (Å²) in [5.74, 6) is 0. The number of aryl methyl sites for hydroxylation is 2. The third-order valence-corrected chi connectivity index (χ3v) is 4.14. The fourth-order valence-corrected chi connectivity index (χ4v) is 3.02. The molecular formula is C17H29N3O4. The Balaban J connectivity index is 2.05. The molecule has 1 saturated heterocycles. The topological polar surface area (TPSA) is 74.6 Å². The maximum atomic E-state index is 12.1. The molecule has 0 radical (unpaired) electrons. The van der Waals surface area contributed by atoms with E-state index in [0.717, 1.165) is 24.1 Å². The fourth-order valence-electron chi connectivity index (χ4n) is 3.02. The molecular weight excluding hydrogens is 310 g/mol. The molecule has 1 amide bonds. The zero-order valence-corrected chi connectivity index (χ0v) is 15.5. The van der Waals surface area contributed by atoms with Gasteiger partial charge >= 0.3 is 6.09 Å². The summed E-state index contributed by atoms with van der Waals surface area (Å²) in [4.78, 5) is 12.1. The lowest BCUT2D eigenvalue weighted by atomic mass is 10.0. The van der Waals surface area contributed by atoms with Gasteiger partial charge in [-0.2, -0.15) is 5.10 Å². The summed E-state index contributed by atoms with van der Waals surface area (Å²) in [6.45, 7) is 7.97. The summed E-state index contributed by atoms with van der Waals surface area (Å²) in [5.41, 5.74) is 1.65. The minimum Gasteiger partial charge on any atom is -0.444 e.